The van der Waals surface area contributed by atoms with E-state index in [1.807, 2.05) is 19.2 Å². The number of benzene rings is 1. The van der Waals surface area contributed by atoms with E-state index >= 15 is 0 Å². The van der Waals surface area contributed by atoms with Crippen molar-refractivity contribution in [2.75, 3.05) is 18.5 Å². The Labute approximate surface area is 143 Å². The zero-order valence-electron chi connectivity index (χ0n) is 13.8. The largest absolute Gasteiger partial charge is 0.375 e. The second kappa shape index (κ2) is 7.65. The molecule has 0 spiro atoms. The van der Waals surface area contributed by atoms with E-state index in [4.69, 9.17) is 0 Å². The van der Waals surface area contributed by atoms with E-state index in [2.05, 4.69) is 27.3 Å². The summed E-state index contributed by atoms with van der Waals surface area (Å²) in [5, 5.41) is 9.78. The predicted molar refractivity (Wildman–Crippen MR) is 90.7 cm³/mol. The predicted octanol–water partition coefficient (Wildman–Crippen LogP) is 3.43. The summed E-state index contributed by atoms with van der Waals surface area (Å²) in [4.78, 5) is 14.2. The smallest absolute Gasteiger partial charge is 0.298 e. The SMILES string of the molecule is CCCN(C)c1ccc(C(=O)NCc2nnc(C(C)(F)F)s2)cc1. The fourth-order valence-corrected chi connectivity index (χ4v) is 2.80. The zero-order chi connectivity index (χ0) is 17.7. The molecule has 2 rings (SSSR count). The highest BCUT2D eigenvalue weighted by atomic mass is 32.1. The second-order valence-electron chi connectivity index (χ2n) is 5.54. The van der Waals surface area contributed by atoms with Crippen LogP contribution in [0.25, 0.3) is 0 Å². The monoisotopic (exact) mass is 354 g/mol. The maximum atomic E-state index is 13.1. The molecule has 0 atom stereocenters. The lowest BCUT2D eigenvalue weighted by Gasteiger charge is -2.18. The Morgan fingerprint density at radius 3 is 2.50 bits per heavy atom. The summed E-state index contributed by atoms with van der Waals surface area (Å²) in [7, 11) is 2.00. The number of aromatic nitrogens is 2. The normalized spacial score (nSPS) is 11.4. The number of nitrogens with zero attached hydrogens (tertiary/aromatic N) is 3. The van der Waals surface area contributed by atoms with Gasteiger partial charge in [0.1, 0.15) is 5.01 Å². The summed E-state index contributed by atoms with van der Waals surface area (Å²) in [6, 6.07) is 7.24. The van der Waals surface area contributed by atoms with Crippen LogP contribution in [-0.4, -0.2) is 29.7 Å². The molecule has 24 heavy (non-hydrogen) atoms. The Morgan fingerprint density at radius 2 is 1.96 bits per heavy atom. The molecule has 0 aliphatic heterocycles. The molecule has 5 nitrogen and oxygen atoms in total. The van der Waals surface area contributed by atoms with E-state index in [9.17, 15) is 13.6 Å². The first kappa shape index (κ1) is 18.3. The molecule has 1 amide bonds. The van der Waals surface area contributed by atoms with E-state index in [0.29, 0.717) is 10.6 Å². The Morgan fingerprint density at radius 1 is 1.29 bits per heavy atom. The van der Waals surface area contributed by atoms with E-state index in [-0.39, 0.29) is 17.5 Å². The van der Waals surface area contributed by atoms with Crippen LogP contribution in [0.1, 0.15) is 40.6 Å². The number of carbonyl (C=O) groups excluding carboxylic acids is 1. The first-order valence-corrected chi connectivity index (χ1v) is 8.43. The van der Waals surface area contributed by atoms with Crippen LogP contribution < -0.4 is 10.2 Å². The van der Waals surface area contributed by atoms with Gasteiger partial charge in [-0.2, -0.15) is 8.78 Å². The van der Waals surface area contributed by atoms with Gasteiger partial charge in [0.15, 0.2) is 5.01 Å². The topological polar surface area (TPSA) is 58.1 Å². The van der Waals surface area contributed by atoms with Crippen molar-refractivity contribution in [3.63, 3.8) is 0 Å². The van der Waals surface area contributed by atoms with Gasteiger partial charge < -0.3 is 10.2 Å². The van der Waals surface area contributed by atoms with Crippen molar-refractivity contribution < 1.29 is 13.6 Å². The number of carbonyl (C=O) groups is 1. The van der Waals surface area contributed by atoms with Gasteiger partial charge in [-0.1, -0.05) is 18.3 Å². The summed E-state index contributed by atoms with van der Waals surface area (Å²) in [5.74, 6) is -3.29. The molecule has 8 heteroatoms. The lowest BCUT2D eigenvalue weighted by atomic mass is 10.2. The second-order valence-corrected chi connectivity index (χ2v) is 6.60. The van der Waals surface area contributed by atoms with Crippen molar-refractivity contribution in [1.29, 1.82) is 0 Å². The highest BCUT2D eigenvalue weighted by molar-refractivity contribution is 7.11. The van der Waals surface area contributed by atoms with Crippen molar-refractivity contribution in [3.05, 3.63) is 39.8 Å². The van der Waals surface area contributed by atoms with Crippen LogP contribution in [0.5, 0.6) is 0 Å². The summed E-state index contributed by atoms with van der Waals surface area (Å²) in [6.45, 7) is 3.88. The minimum atomic E-state index is -3.01. The number of alkyl halides is 2. The van der Waals surface area contributed by atoms with Crippen LogP contribution >= 0.6 is 11.3 Å². The average molecular weight is 354 g/mol. The van der Waals surface area contributed by atoms with Gasteiger partial charge in [-0.05, 0) is 30.7 Å². The van der Waals surface area contributed by atoms with Crippen LogP contribution in [0, 0.1) is 0 Å². The fraction of sp³-hybridized carbons (Fsp3) is 0.438. The molecular formula is C16H20F2N4OS. The van der Waals surface area contributed by atoms with Crippen LogP contribution in [0.3, 0.4) is 0 Å². The summed E-state index contributed by atoms with van der Waals surface area (Å²) in [6.07, 6.45) is 1.04. The molecule has 1 N–H and O–H groups in total. The molecule has 130 valence electrons. The minimum Gasteiger partial charge on any atom is -0.375 e. The molecule has 0 saturated heterocycles. The number of rotatable bonds is 7. The van der Waals surface area contributed by atoms with Gasteiger partial charge in [0, 0.05) is 31.8 Å². The number of nitrogens with one attached hydrogen (secondary N) is 1. The number of anilines is 1. The van der Waals surface area contributed by atoms with Crippen LogP contribution in [0.2, 0.25) is 0 Å². The molecule has 0 saturated carbocycles. The molecule has 0 unspecified atom stereocenters. The van der Waals surface area contributed by atoms with E-state index < -0.39 is 5.92 Å². The van der Waals surface area contributed by atoms with E-state index in [0.717, 1.165) is 36.9 Å². The van der Waals surface area contributed by atoms with Gasteiger partial charge in [0.05, 0.1) is 6.54 Å². The van der Waals surface area contributed by atoms with E-state index in [1.165, 1.54) is 0 Å². The summed E-state index contributed by atoms with van der Waals surface area (Å²) in [5.41, 5.74) is 1.54. The standard InChI is InChI=1S/C16H20F2N4OS/c1-4-9-22(3)12-7-5-11(6-8-12)14(23)19-10-13-20-21-15(24-13)16(2,17)18/h5-8H,4,9-10H2,1-3H3,(H,19,23). The Hall–Kier alpha value is -2.09. The fourth-order valence-electron chi connectivity index (χ4n) is 2.09. The van der Waals surface area contributed by atoms with Crippen LogP contribution in [0.15, 0.2) is 24.3 Å². The van der Waals surface area contributed by atoms with Crippen molar-refractivity contribution >= 4 is 22.9 Å². The molecule has 0 aliphatic rings. The molecule has 0 fully saturated rings. The lowest BCUT2D eigenvalue weighted by Crippen LogP contribution is -2.23. The Bertz CT molecular complexity index is 682. The van der Waals surface area contributed by atoms with Gasteiger partial charge in [-0.3, -0.25) is 4.79 Å². The number of halogens is 2. The molecule has 1 heterocycles. The molecular weight excluding hydrogens is 334 g/mol. The van der Waals surface area contributed by atoms with Crippen molar-refractivity contribution in [3.8, 4) is 0 Å². The van der Waals surface area contributed by atoms with Gasteiger partial charge in [0.2, 0.25) is 0 Å². The highest BCUT2D eigenvalue weighted by Gasteiger charge is 2.29. The third-order valence-electron chi connectivity index (χ3n) is 3.37. The van der Waals surface area contributed by atoms with Crippen LogP contribution in [0.4, 0.5) is 14.5 Å². The highest BCUT2D eigenvalue weighted by Crippen LogP contribution is 2.29. The van der Waals surface area contributed by atoms with Gasteiger partial charge >= 0.3 is 0 Å². The molecule has 0 bridgehead atoms. The zero-order valence-corrected chi connectivity index (χ0v) is 14.7. The van der Waals surface area contributed by atoms with Crippen molar-refractivity contribution in [2.24, 2.45) is 0 Å². The number of hydrogen-bond donors (Lipinski definition) is 1. The van der Waals surface area contributed by atoms with Crippen molar-refractivity contribution in [1.82, 2.24) is 15.5 Å². The first-order valence-electron chi connectivity index (χ1n) is 7.61. The quantitative estimate of drug-likeness (QED) is 0.828. The summed E-state index contributed by atoms with van der Waals surface area (Å²) < 4.78 is 26.2. The maximum absolute atomic E-state index is 13.1. The minimum absolute atomic E-state index is 0.0735. The lowest BCUT2D eigenvalue weighted by molar-refractivity contribution is 0.0165. The van der Waals surface area contributed by atoms with Crippen molar-refractivity contribution in [2.45, 2.75) is 32.7 Å². The number of amides is 1. The maximum Gasteiger partial charge on any atom is 0.298 e. The van der Waals surface area contributed by atoms with Gasteiger partial charge in [-0.25, -0.2) is 0 Å². The van der Waals surface area contributed by atoms with Crippen LogP contribution in [-0.2, 0) is 12.5 Å². The van der Waals surface area contributed by atoms with E-state index in [1.54, 1.807) is 12.1 Å². The third-order valence-corrected chi connectivity index (χ3v) is 4.47. The Balaban J connectivity index is 1.94. The molecule has 1 aromatic heterocycles. The molecule has 1 aromatic carbocycles. The molecule has 0 aliphatic carbocycles. The van der Waals surface area contributed by atoms with Gasteiger partial charge in [0.25, 0.3) is 11.8 Å². The first-order chi connectivity index (χ1) is 11.3. The average Bonchev–Trinajstić information content (AvgIpc) is 3.02. The number of hydrogen-bond acceptors (Lipinski definition) is 5. The van der Waals surface area contributed by atoms with Gasteiger partial charge in [-0.15, -0.1) is 10.2 Å². The molecule has 0 radical (unpaired) electrons. The Kier molecular flexibility index (Phi) is 5.82. The third kappa shape index (κ3) is 4.70. The summed E-state index contributed by atoms with van der Waals surface area (Å²) >= 11 is 0.795. The molecule has 2 aromatic rings.